The van der Waals surface area contributed by atoms with Crippen molar-refractivity contribution in [3.63, 3.8) is 0 Å². The molecule has 0 spiro atoms. The van der Waals surface area contributed by atoms with Crippen molar-refractivity contribution in [1.29, 1.82) is 0 Å². The molecule has 0 bridgehead atoms. The Labute approximate surface area is 166 Å². The summed E-state index contributed by atoms with van der Waals surface area (Å²) in [5.74, 6) is 1.84. The number of thiocarbonyl (C=S) groups is 1. The van der Waals surface area contributed by atoms with E-state index in [-0.39, 0.29) is 6.04 Å². The van der Waals surface area contributed by atoms with Gasteiger partial charge in [0.25, 0.3) is 0 Å². The number of anilines is 2. The summed E-state index contributed by atoms with van der Waals surface area (Å²) in [5, 5.41) is 6.86. The highest BCUT2D eigenvalue weighted by Gasteiger charge is 2.21. The zero-order valence-corrected chi connectivity index (χ0v) is 16.9. The molecule has 144 valence electrons. The lowest BCUT2D eigenvalue weighted by atomic mass is 10.0. The van der Waals surface area contributed by atoms with Gasteiger partial charge in [-0.1, -0.05) is 30.3 Å². The van der Waals surface area contributed by atoms with E-state index in [4.69, 9.17) is 17.0 Å². The maximum atomic E-state index is 5.46. The molecule has 27 heavy (non-hydrogen) atoms. The quantitative estimate of drug-likeness (QED) is 0.757. The summed E-state index contributed by atoms with van der Waals surface area (Å²) < 4.78 is 5.37. The Morgan fingerprint density at radius 2 is 2.04 bits per heavy atom. The third-order valence-electron chi connectivity index (χ3n) is 4.87. The van der Waals surface area contributed by atoms with Crippen molar-refractivity contribution >= 4 is 29.1 Å². The Kier molecular flexibility index (Phi) is 6.45. The molecule has 1 fully saturated rings. The molecule has 1 saturated heterocycles. The maximum absolute atomic E-state index is 5.46. The van der Waals surface area contributed by atoms with Crippen LogP contribution in [-0.2, 0) is 0 Å². The Hall–Kier alpha value is -2.41. The molecule has 0 aliphatic carbocycles. The minimum absolute atomic E-state index is 0.0818. The van der Waals surface area contributed by atoms with Gasteiger partial charge in [-0.3, -0.25) is 0 Å². The number of hydrogen-bond acceptors (Lipinski definition) is 5. The Morgan fingerprint density at radius 1 is 1.26 bits per heavy atom. The molecule has 2 aromatic rings. The first-order valence-electron chi connectivity index (χ1n) is 9.39. The second kappa shape index (κ2) is 8.99. The van der Waals surface area contributed by atoms with Gasteiger partial charge in [-0.2, -0.15) is 9.97 Å². The van der Waals surface area contributed by atoms with Crippen LogP contribution in [0.3, 0.4) is 0 Å². The molecule has 2 atom stereocenters. The predicted octanol–water partition coefficient (Wildman–Crippen LogP) is 3.91. The summed E-state index contributed by atoms with van der Waals surface area (Å²) in [4.78, 5) is 11.4. The van der Waals surface area contributed by atoms with Crippen molar-refractivity contribution in [1.82, 2.24) is 15.3 Å². The van der Waals surface area contributed by atoms with Crippen LogP contribution in [0.4, 0.5) is 11.8 Å². The van der Waals surface area contributed by atoms with Crippen LogP contribution in [0.25, 0.3) is 0 Å². The highest BCUT2D eigenvalue weighted by Crippen LogP contribution is 2.26. The normalized spacial score (nSPS) is 17.9. The van der Waals surface area contributed by atoms with E-state index in [9.17, 15) is 0 Å². The van der Waals surface area contributed by atoms with Crippen molar-refractivity contribution in [3.05, 3.63) is 42.0 Å². The topological polar surface area (TPSA) is 62.3 Å². The maximum Gasteiger partial charge on any atom is 0.234 e. The fraction of sp³-hybridized carbons (Fsp3) is 0.450. The molecule has 6 nitrogen and oxygen atoms in total. The van der Waals surface area contributed by atoms with E-state index in [1.54, 1.807) is 7.11 Å². The average Bonchev–Trinajstić information content (AvgIpc) is 2.68. The zero-order valence-electron chi connectivity index (χ0n) is 16.1. The van der Waals surface area contributed by atoms with Crippen LogP contribution in [0.1, 0.15) is 44.7 Å². The molecule has 2 N–H and O–H groups in total. The van der Waals surface area contributed by atoms with Gasteiger partial charge in [0.05, 0.1) is 13.2 Å². The molecule has 1 aromatic heterocycles. The molecule has 0 amide bonds. The summed E-state index contributed by atoms with van der Waals surface area (Å²) >= 11 is 5.46. The van der Waals surface area contributed by atoms with Crippen LogP contribution >= 0.6 is 12.2 Å². The van der Waals surface area contributed by atoms with Crippen LogP contribution in [0.5, 0.6) is 5.88 Å². The van der Waals surface area contributed by atoms with Crippen molar-refractivity contribution in [3.8, 4) is 5.88 Å². The zero-order chi connectivity index (χ0) is 19.2. The fourth-order valence-electron chi connectivity index (χ4n) is 3.32. The molecule has 1 aliphatic rings. The minimum Gasteiger partial charge on any atom is -0.481 e. The lowest BCUT2D eigenvalue weighted by Crippen LogP contribution is -2.38. The summed E-state index contributed by atoms with van der Waals surface area (Å²) in [6.45, 7) is 5.29. The number of hydrogen-bond donors (Lipinski definition) is 2. The molecule has 1 aromatic carbocycles. The molecule has 0 unspecified atom stereocenters. The SMILES string of the molecule is COc1cc(N2CCCC[C@H]2C)nc(NC(=S)N[C@H](C)c2ccccc2)n1. The third kappa shape index (κ3) is 5.07. The van der Waals surface area contributed by atoms with Crippen molar-refractivity contribution < 1.29 is 4.74 Å². The smallest absolute Gasteiger partial charge is 0.234 e. The van der Waals surface area contributed by atoms with Crippen LogP contribution in [0.2, 0.25) is 0 Å². The first-order chi connectivity index (χ1) is 13.1. The van der Waals surface area contributed by atoms with Gasteiger partial charge in [0.2, 0.25) is 11.8 Å². The van der Waals surface area contributed by atoms with Crippen LogP contribution in [-0.4, -0.2) is 34.8 Å². The first-order valence-corrected chi connectivity index (χ1v) is 9.80. The second-order valence-corrected chi connectivity index (χ2v) is 7.27. The van der Waals surface area contributed by atoms with Gasteiger partial charge in [-0.15, -0.1) is 0 Å². The van der Waals surface area contributed by atoms with Gasteiger partial charge in [0.1, 0.15) is 5.82 Å². The molecule has 0 radical (unpaired) electrons. The summed E-state index contributed by atoms with van der Waals surface area (Å²) in [7, 11) is 1.61. The number of aromatic nitrogens is 2. The molecular formula is C20H27N5OS. The van der Waals surface area contributed by atoms with Crippen LogP contribution < -0.4 is 20.3 Å². The molecule has 7 heteroatoms. The number of rotatable bonds is 5. The first kappa shape index (κ1) is 19.4. The third-order valence-corrected chi connectivity index (χ3v) is 5.09. The van der Waals surface area contributed by atoms with Crippen LogP contribution in [0.15, 0.2) is 36.4 Å². The number of benzene rings is 1. The van der Waals surface area contributed by atoms with E-state index in [1.165, 1.54) is 19.3 Å². The molecule has 3 rings (SSSR count). The summed E-state index contributed by atoms with van der Waals surface area (Å²) in [6.07, 6.45) is 3.61. The van der Waals surface area contributed by atoms with E-state index in [1.807, 2.05) is 24.3 Å². The number of nitrogens with zero attached hydrogens (tertiary/aromatic N) is 3. The van der Waals surface area contributed by atoms with E-state index in [2.05, 4.69) is 51.5 Å². The van der Waals surface area contributed by atoms with Crippen molar-refractivity contribution in [2.75, 3.05) is 23.9 Å². The number of ether oxygens (including phenoxy) is 1. The van der Waals surface area contributed by atoms with Gasteiger partial charge in [0.15, 0.2) is 5.11 Å². The predicted molar refractivity (Wildman–Crippen MR) is 113 cm³/mol. The number of nitrogens with one attached hydrogen (secondary N) is 2. The Morgan fingerprint density at radius 3 is 2.74 bits per heavy atom. The highest BCUT2D eigenvalue weighted by molar-refractivity contribution is 7.80. The van der Waals surface area contributed by atoms with Crippen LogP contribution in [0, 0.1) is 0 Å². The monoisotopic (exact) mass is 385 g/mol. The second-order valence-electron chi connectivity index (χ2n) is 6.86. The van der Waals surface area contributed by atoms with E-state index >= 15 is 0 Å². The van der Waals surface area contributed by atoms with Gasteiger partial charge < -0.3 is 20.3 Å². The van der Waals surface area contributed by atoms with Gasteiger partial charge in [-0.05, 0) is 50.9 Å². The standard InChI is InChI=1S/C20H27N5OS/c1-14-9-7-8-12-25(14)17-13-18(26-3)23-19(22-17)24-20(27)21-15(2)16-10-5-4-6-11-16/h4-6,10-11,13-15H,7-9,12H2,1-3H3,(H2,21,22,23,24,27)/t14-,15-/m1/s1. The average molecular weight is 386 g/mol. The molecule has 0 saturated carbocycles. The van der Waals surface area contributed by atoms with Crippen molar-refractivity contribution in [2.45, 2.75) is 45.2 Å². The van der Waals surface area contributed by atoms with Gasteiger partial charge in [-0.25, -0.2) is 0 Å². The van der Waals surface area contributed by atoms with E-state index < -0.39 is 0 Å². The molecule has 1 aliphatic heterocycles. The number of piperidine rings is 1. The largest absolute Gasteiger partial charge is 0.481 e. The lowest BCUT2D eigenvalue weighted by molar-refractivity contribution is 0.396. The lowest BCUT2D eigenvalue weighted by Gasteiger charge is -2.34. The van der Waals surface area contributed by atoms with Gasteiger partial charge >= 0.3 is 0 Å². The number of methoxy groups -OCH3 is 1. The minimum atomic E-state index is 0.0818. The van der Waals surface area contributed by atoms with Gasteiger partial charge in [0, 0.05) is 18.7 Å². The van der Waals surface area contributed by atoms with E-state index in [0.29, 0.717) is 23.0 Å². The molecular weight excluding hydrogens is 358 g/mol. The van der Waals surface area contributed by atoms with Crippen molar-refractivity contribution in [2.24, 2.45) is 0 Å². The highest BCUT2D eigenvalue weighted by atomic mass is 32.1. The fourth-order valence-corrected chi connectivity index (χ4v) is 3.59. The Bertz CT molecular complexity index is 770. The van der Waals surface area contributed by atoms with E-state index in [0.717, 1.165) is 17.9 Å². The summed E-state index contributed by atoms with van der Waals surface area (Å²) in [6, 6.07) is 12.6. The Balaban J connectivity index is 1.72. The summed E-state index contributed by atoms with van der Waals surface area (Å²) in [5.41, 5.74) is 1.16. The molecule has 2 heterocycles.